The van der Waals surface area contributed by atoms with Crippen LogP contribution in [0.4, 0.5) is 0 Å². The van der Waals surface area contributed by atoms with Crippen LogP contribution in [-0.4, -0.2) is 77.8 Å². The van der Waals surface area contributed by atoms with E-state index in [1.54, 1.807) is 7.11 Å². The van der Waals surface area contributed by atoms with Gasteiger partial charge in [-0.2, -0.15) is 0 Å². The second-order valence-corrected chi connectivity index (χ2v) is 15.4. The molecular formula is C37H45N3O2S. The predicted octanol–water partition coefficient (Wildman–Crippen LogP) is 6.55. The number of ether oxygens (including phenoxy) is 1. The maximum atomic E-state index is 14.3. The summed E-state index contributed by atoms with van der Waals surface area (Å²) in [5.41, 5.74) is 1.29. The number of hydrogen-bond acceptors (Lipinski definition) is 5. The lowest BCUT2D eigenvalue weighted by Gasteiger charge is -2.58. The van der Waals surface area contributed by atoms with Crippen molar-refractivity contribution in [2.75, 3.05) is 39.8 Å². The third-order valence-electron chi connectivity index (χ3n) is 11.4. The van der Waals surface area contributed by atoms with E-state index in [-0.39, 0.29) is 6.04 Å². The molecular weight excluding hydrogens is 550 g/mol. The van der Waals surface area contributed by atoms with Gasteiger partial charge in [-0.05, 0) is 109 Å². The van der Waals surface area contributed by atoms with Gasteiger partial charge in [-0.15, -0.1) is 11.8 Å². The van der Waals surface area contributed by atoms with E-state index in [0.717, 1.165) is 81.2 Å². The Morgan fingerprint density at radius 1 is 0.814 bits per heavy atom. The number of nitrogens with zero attached hydrogens (tertiary/aromatic N) is 3. The van der Waals surface area contributed by atoms with Crippen LogP contribution < -0.4 is 4.74 Å². The predicted molar refractivity (Wildman–Crippen MR) is 174 cm³/mol. The lowest BCUT2D eigenvalue weighted by atomic mass is 9.54. The highest BCUT2D eigenvalue weighted by Gasteiger charge is 2.50. The van der Waals surface area contributed by atoms with E-state index in [1.165, 1.54) is 53.3 Å². The molecule has 0 radical (unpaired) electrons. The van der Waals surface area contributed by atoms with Crippen LogP contribution in [0.15, 0.2) is 71.6 Å². The van der Waals surface area contributed by atoms with Crippen molar-refractivity contribution < 1.29 is 9.53 Å². The zero-order valence-electron chi connectivity index (χ0n) is 25.4. The van der Waals surface area contributed by atoms with Crippen molar-refractivity contribution in [2.24, 2.45) is 23.7 Å². The van der Waals surface area contributed by atoms with Crippen molar-refractivity contribution in [1.82, 2.24) is 14.7 Å². The van der Waals surface area contributed by atoms with Crippen molar-refractivity contribution in [2.45, 2.75) is 67.3 Å². The van der Waals surface area contributed by atoms with E-state index in [1.807, 2.05) is 23.9 Å². The molecule has 2 atom stereocenters. The Hall–Kier alpha value is -2.54. The zero-order valence-corrected chi connectivity index (χ0v) is 26.3. The molecule has 4 saturated carbocycles. The Morgan fingerprint density at radius 2 is 1.51 bits per heavy atom. The molecule has 2 aliphatic heterocycles. The average Bonchev–Trinajstić information content (AvgIpc) is 3.42. The number of fused-ring (bicyclic) bond motifs is 1. The van der Waals surface area contributed by atoms with Gasteiger partial charge in [-0.3, -0.25) is 14.6 Å². The Bertz CT molecular complexity index is 1420. The number of carbonyl (C=O) groups is 1. The average molecular weight is 596 g/mol. The first kappa shape index (κ1) is 28.0. The Morgan fingerprint density at radius 3 is 2.21 bits per heavy atom. The van der Waals surface area contributed by atoms with Crippen molar-refractivity contribution in [3.05, 3.63) is 72.3 Å². The van der Waals surface area contributed by atoms with Gasteiger partial charge < -0.3 is 9.64 Å². The van der Waals surface area contributed by atoms with Gasteiger partial charge in [-0.1, -0.05) is 36.4 Å². The molecule has 3 aromatic carbocycles. The maximum absolute atomic E-state index is 14.3. The summed E-state index contributed by atoms with van der Waals surface area (Å²) in [5.74, 6) is 5.10. The summed E-state index contributed by atoms with van der Waals surface area (Å²) in [7, 11) is 1.71. The fourth-order valence-corrected chi connectivity index (χ4v) is 11.0. The smallest absolute Gasteiger partial charge is 0.240 e. The van der Waals surface area contributed by atoms with E-state index < -0.39 is 0 Å². The van der Waals surface area contributed by atoms with Crippen LogP contribution in [0.2, 0.25) is 0 Å². The number of piperazine rings is 1. The zero-order chi connectivity index (χ0) is 28.9. The van der Waals surface area contributed by atoms with E-state index in [2.05, 4.69) is 69.3 Å². The standard InChI is InChI=1S/C37H45N3O2S/c1-42-32-8-10-33(11-9-32)43-34-22-35(40(24-34)23-25-6-7-28-4-2-3-5-29(28)17-25)37(41)39-14-12-38(13-15-39)36-30-18-26-16-27(20-30)21-31(36)19-26/h2-11,17,26-27,30-31,34-36H,12-16,18-24H2,1H3/t26?,27?,30?,31?,34-,35-,36?/m0/s1. The minimum Gasteiger partial charge on any atom is -0.497 e. The number of thioether (sulfide) groups is 1. The Labute approximate surface area is 260 Å². The molecule has 226 valence electrons. The molecule has 43 heavy (non-hydrogen) atoms. The molecule has 4 aliphatic carbocycles. The highest BCUT2D eigenvalue weighted by atomic mass is 32.2. The van der Waals surface area contributed by atoms with Crippen LogP contribution in [0.1, 0.15) is 44.1 Å². The second-order valence-electron chi connectivity index (χ2n) is 14.1. The molecule has 4 bridgehead atoms. The molecule has 0 N–H and O–H groups in total. The van der Waals surface area contributed by atoms with Gasteiger partial charge in [0.2, 0.25) is 5.91 Å². The summed E-state index contributed by atoms with van der Waals surface area (Å²) in [6.45, 7) is 5.62. The number of amides is 1. The van der Waals surface area contributed by atoms with E-state index in [9.17, 15) is 4.79 Å². The minimum atomic E-state index is -0.0602. The quantitative estimate of drug-likeness (QED) is 0.310. The largest absolute Gasteiger partial charge is 0.497 e. The fraction of sp³-hybridized carbons (Fsp3) is 0.541. The van der Waals surface area contributed by atoms with Crippen molar-refractivity contribution >= 4 is 28.4 Å². The summed E-state index contributed by atoms with van der Waals surface area (Å²) < 4.78 is 5.37. The monoisotopic (exact) mass is 595 g/mol. The highest BCUT2D eigenvalue weighted by molar-refractivity contribution is 8.00. The first-order chi connectivity index (χ1) is 21.1. The van der Waals surface area contributed by atoms with Gasteiger partial charge in [0.05, 0.1) is 13.2 Å². The lowest BCUT2D eigenvalue weighted by Crippen LogP contribution is -2.61. The van der Waals surface area contributed by atoms with Crippen molar-refractivity contribution in [3.8, 4) is 5.75 Å². The SMILES string of the molecule is COc1ccc(S[C@H]2C[C@@H](C(=O)N3CCN(C4C5CC6CC(C5)CC4C6)CC3)N(Cc3ccc4ccccc4c3)C2)cc1. The molecule has 6 fully saturated rings. The Balaban J connectivity index is 0.963. The molecule has 5 nitrogen and oxygen atoms in total. The highest BCUT2D eigenvalue weighted by Crippen LogP contribution is 2.55. The number of hydrogen-bond donors (Lipinski definition) is 0. The maximum Gasteiger partial charge on any atom is 0.240 e. The van der Waals surface area contributed by atoms with Gasteiger partial charge in [0.15, 0.2) is 0 Å². The molecule has 2 saturated heterocycles. The first-order valence-electron chi connectivity index (χ1n) is 16.6. The summed E-state index contributed by atoms with van der Waals surface area (Å²) in [5, 5.41) is 2.93. The molecule has 9 rings (SSSR count). The van der Waals surface area contributed by atoms with Crippen LogP contribution in [0.25, 0.3) is 10.8 Å². The number of carbonyl (C=O) groups excluding carboxylic acids is 1. The van der Waals surface area contributed by atoms with Crippen LogP contribution >= 0.6 is 11.8 Å². The van der Waals surface area contributed by atoms with Gasteiger partial charge in [0.1, 0.15) is 5.75 Å². The van der Waals surface area contributed by atoms with Crippen molar-refractivity contribution in [1.29, 1.82) is 0 Å². The van der Waals surface area contributed by atoms with Crippen LogP contribution in [-0.2, 0) is 11.3 Å². The normalized spacial score (nSPS) is 32.5. The number of rotatable bonds is 7. The van der Waals surface area contributed by atoms with Gasteiger partial charge in [0, 0.05) is 55.5 Å². The molecule has 3 aromatic rings. The van der Waals surface area contributed by atoms with E-state index >= 15 is 0 Å². The van der Waals surface area contributed by atoms with Crippen LogP contribution in [0.5, 0.6) is 5.75 Å². The van der Waals surface area contributed by atoms with Gasteiger partial charge in [0.25, 0.3) is 0 Å². The van der Waals surface area contributed by atoms with E-state index in [4.69, 9.17) is 4.74 Å². The van der Waals surface area contributed by atoms with Gasteiger partial charge in [-0.25, -0.2) is 0 Å². The molecule has 0 unspecified atom stereocenters. The number of methoxy groups -OCH3 is 1. The topological polar surface area (TPSA) is 36.0 Å². The molecule has 0 aromatic heterocycles. The molecule has 1 amide bonds. The van der Waals surface area contributed by atoms with Crippen LogP contribution in [0.3, 0.4) is 0 Å². The summed E-state index contributed by atoms with van der Waals surface area (Å²) in [6.07, 6.45) is 8.28. The molecule has 6 heteroatoms. The summed E-state index contributed by atoms with van der Waals surface area (Å²) in [4.78, 5) is 23.0. The lowest BCUT2D eigenvalue weighted by molar-refractivity contribution is -0.140. The third-order valence-corrected chi connectivity index (χ3v) is 12.7. The first-order valence-corrected chi connectivity index (χ1v) is 17.5. The minimum absolute atomic E-state index is 0.0602. The van der Waals surface area contributed by atoms with Crippen molar-refractivity contribution in [3.63, 3.8) is 0 Å². The number of benzene rings is 3. The summed E-state index contributed by atoms with van der Waals surface area (Å²) in [6, 6.07) is 24.5. The molecule has 6 aliphatic rings. The second kappa shape index (κ2) is 11.8. The van der Waals surface area contributed by atoms with Gasteiger partial charge >= 0.3 is 0 Å². The Kier molecular flexibility index (Phi) is 7.65. The van der Waals surface area contributed by atoms with Crippen LogP contribution in [0, 0.1) is 23.7 Å². The molecule has 0 spiro atoms. The van der Waals surface area contributed by atoms with E-state index in [0.29, 0.717) is 11.2 Å². The summed E-state index contributed by atoms with van der Waals surface area (Å²) >= 11 is 1.91. The third kappa shape index (κ3) is 5.60. The molecule has 2 heterocycles. The number of likely N-dealkylation sites (tertiary alicyclic amines) is 1. The fourth-order valence-electron chi connectivity index (χ4n) is 9.74.